The van der Waals surface area contributed by atoms with Crippen molar-refractivity contribution in [3.8, 4) is 17.4 Å². The Labute approximate surface area is 191 Å². The number of hydrogen-bond acceptors (Lipinski definition) is 7. The Bertz CT molecular complexity index is 1260. The van der Waals surface area contributed by atoms with E-state index < -0.39 is 5.82 Å². The van der Waals surface area contributed by atoms with Gasteiger partial charge in [-0.2, -0.15) is 15.1 Å². The standard InChI is InChI=1S/C23H27FN8O/c1-3-33-23-28-15(2)20-22(30-23)32(21(29-20)18-8-19(24)11-26-10-18)14-17-9-27-31(13-17)12-16-4-6-25-7-5-16/h8-11,13,16,25H,3-7,12,14H2,1-2H3. The van der Waals surface area contributed by atoms with Gasteiger partial charge in [0.05, 0.1) is 31.2 Å². The number of piperidine rings is 1. The molecule has 1 fully saturated rings. The van der Waals surface area contributed by atoms with Gasteiger partial charge in [-0.3, -0.25) is 9.67 Å². The summed E-state index contributed by atoms with van der Waals surface area (Å²) in [5.41, 5.74) is 3.58. The molecule has 0 bridgehead atoms. The van der Waals surface area contributed by atoms with E-state index in [0.717, 1.165) is 38.0 Å². The molecule has 0 amide bonds. The Hall–Kier alpha value is -3.40. The molecule has 0 unspecified atom stereocenters. The first-order chi connectivity index (χ1) is 16.1. The zero-order valence-electron chi connectivity index (χ0n) is 18.8. The number of nitrogens with zero attached hydrogens (tertiary/aromatic N) is 7. The molecule has 4 aromatic rings. The van der Waals surface area contributed by atoms with E-state index >= 15 is 0 Å². The van der Waals surface area contributed by atoms with Crippen LogP contribution in [0, 0.1) is 18.7 Å². The number of imidazole rings is 1. The minimum Gasteiger partial charge on any atom is -0.464 e. The van der Waals surface area contributed by atoms with Crippen molar-refractivity contribution >= 4 is 11.2 Å². The van der Waals surface area contributed by atoms with Crippen LogP contribution < -0.4 is 10.1 Å². The molecule has 1 aliphatic rings. The molecule has 1 N–H and O–H groups in total. The molecule has 0 aliphatic carbocycles. The zero-order chi connectivity index (χ0) is 22.8. The van der Waals surface area contributed by atoms with Crippen LogP contribution in [0.15, 0.2) is 30.9 Å². The van der Waals surface area contributed by atoms with E-state index in [4.69, 9.17) is 9.72 Å². The number of pyridine rings is 1. The summed E-state index contributed by atoms with van der Waals surface area (Å²) < 4.78 is 23.5. The maximum absolute atomic E-state index is 14.0. The summed E-state index contributed by atoms with van der Waals surface area (Å²) >= 11 is 0. The summed E-state index contributed by atoms with van der Waals surface area (Å²) in [6.07, 6.45) is 9.05. The molecule has 4 aromatic heterocycles. The number of aryl methyl sites for hydroxylation is 1. The fraction of sp³-hybridized carbons (Fsp3) is 0.435. The van der Waals surface area contributed by atoms with Crippen LogP contribution in [-0.2, 0) is 13.1 Å². The van der Waals surface area contributed by atoms with Gasteiger partial charge in [-0.05, 0) is 51.8 Å². The third-order valence-electron chi connectivity index (χ3n) is 5.92. The van der Waals surface area contributed by atoms with Crippen LogP contribution in [0.25, 0.3) is 22.6 Å². The van der Waals surface area contributed by atoms with Crippen molar-refractivity contribution in [2.75, 3.05) is 19.7 Å². The van der Waals surface area contributed by atoms with E-state index in [1.165, 1.54) is 12.3 Å². The Morgan fingerprint density at radius 3 is 2.79 bits per heavy atom. The SMILES string of the molecule is CCOc1nc(C)c2nc(-c3cncc(F)c3)n(Cc3cnn(CC4CCNCC4)c3)c2n1. The van der Waals surface area contributed by atoms with Crippen molar-refractivity contribution < 1.29 is 9.13 Å². The Kier molecular flexibility index (Phi) is 5.99. The summed E-state index contributed by atoms with van der Waals surface area (Å²) in [5, 5.41) is 7.99. The number of hydrogen-bond donors (Lipinski definition) is 1. The number of nitrogens with one attached hydrogen (secondary N) is 1. The first-order valence-electron chi connectivity index (χ1n) is 11.3. The van der Waals surface area contributed by atoms with E-state index in [9.17, 15) is 4.39 Å². The zero-order valence-corrected chi connectivity index (χ0v) is 18.8. The molecule has 1 saturated heterocycles. The average Bonchev–Trinajstić information content (AvgIpc) is 3.40. The second kappa shape index (κ2) is 9.22. The quantitative estimate of drug-likeness (QED) is 0.462. The Balaban J connectivity index is 1.53. The van der Waals surface area contributed by atoms with Crippen molar-refractivity contribution in [2.45, 2.75) is 39.8 Å². The summed E-state index contributed by atoms with van der Waals surface area (Å²) in [5.74, 6) is 0.791. The highest BCUT2D eigenvalue weighted by Gasteiger charge is 2.20. The third kappa shape index (κ3) is 4.56. The topological polar surface area (TPSA) is 95.6 Å². The summed E-state index contributed by atoms with van der Waals surface area (Å²) in [4.78, 5) is 17.8. The predicted octanol–water partition coefficient (Wildman–Crippen LogP) is 2.98. The molecule has 0 saturated carbocycles. The average molecular weight is 451 g/mol. The summed E-state index contributed by atoms with van der Waals surface area (Å²) in [7, 11) is 0. The normalized spacial score (nSPS) is 14.8. The Morgan fingerprint density at radius 1 is 1.15 bits per heavy atom. The lowest BCUT2D eigenvalue weighted by atomic mass is 9.98. The lowest BCUT2D eigenvalue weighted by Gasteiger charge is -2.22. The molecule has 10 heteroatoms. The number of rotatable bonds is 7. The molecule has 9 nitrogen and oxygen atoms in total. The van der Waals surface area contributed by atoms with Crippen LogP contribution in [0.1, 0.15) is 31.0 Å². The first-order valence-corrected chi connectivity index (χ1v) is 11.3. The number of aromatic nitrogens is 7. The van der Waals surface area contributed by atoms with Crippen molar-refractivity contribution in [3.05, 3.63) is 47.9 Å². The van der Waals surface area contributed by atoms with Gasteiger partial charge in [0.1, 0.15) is 17.2 Å². The summed E-state index contributed by atoms with van der Waals surface area (Å²) in [6, 6.07) is 1.73. The van der Waals surface area contributed by atoms with E-state index in [1.54, 1.807) is 6.20 Å². The molecule has 5 heterocycles. The minimum absolute atomic E-state index is 0.300. The van der Waals surface area contributed by atoms with Crippen molar-refractivity contribution in [3.63, 3.8) is 0 Å². The van der Waals surface area contributed by atoms with Gasteiger partial charge >= 0.3 is 6.01 Å². The predicted molar refractivity (Wildman–Crippen MR) is 121 cm³/mol. The molecule has 33 heavy (non-hydrogen) atoms. The highest BCUT2D eigenvalue weighted by molar-refractivity contribution is 5.79. The smallest absolute Gasteiger partial charge is 0.318 e. The van der Waals surface area contributed by atoms with Crippen LogP contribution in [0.3, 0.4) is 0 Å². The molecule has 1 aliphatic heterocycles. The highest BCUT2D eigenvalue weighted by atomic mass is 19.1. The molecular formula is C23H27FN8O. The van der Waals surface area contributed by atoms with Crippen molar-refractivity contribution in [1.29, 1.82) is 0 Å². The van der Waals surface area contributed by atoms with E-state index in [1.807, 2.05) is 29.3 Å². The maximum atomic E-state index is 14.0. The largest absolute Gasteiger partial charge is 0.464 e. The second-order valence-electron chi connectivity index (χ2n) is 8.37. The van der Waals surface area contributed by atoms with Gasteiger partial charge in [0.25, 0.3) is 0 Å². The third-order valence-corrected chi connectivity index (χ3v) is 5.92. The van der Waals surface area contributed by atoms with Gasteiger partial charge in [0.2, 0.25) is 0 Å². The Morgan fingerprint density at radius 2 is 2.00 bits per heavy atom. The molecule has 0 radical (unpaired) electrons. The van der Waals surface area contributed by atoms with E-state index in [-0.39, 0.29) is 0 Å². The van der Waals surface area contributed by atoms with Gasteiger partial charge in [-0.1, -0.05) is 0 Å². The van der Waals surface area contributed by atoms with E-state index in [0.29, 0.717) is 53.3 Å². The van der Waals surface area contributed by atoms with Gasteiger partial charge in [-0.15, -0.1) is 0 Å². The van der Waals surface area contributed by atoms with Crippen LogP contribution in [0.2, 0.25) is 0 Å². The molecule has 5 rings (SSSR count). The number of ether oxygens (including phenoxy) is 1. The molecule has 172 valence electrons. The second-order valence-corrected chi connectivity index (χ2v) is 8.37. The number of halogens is 1. The van der Waals surface area contributed by atoms with Crippen molar-refractivity contribution in [1.82, 2.24) is 39.6 Å². The number of fused-ring (bicyclic) bond motifs is 1. The minimum atomic E-state index is -0.418. The highest BCUT2D eigenvalue weighted by Crippen LogP contribution is 2.27. The summed E-state index contributed by atoms with van der Waals surface area (Å²) in [6.45, 7) is 7.73. The van der Waals surface area contributed by atoms with Crippen LogP contribution >= 0.6 is 0 Å². The fourth-order valence-corrected chi connectivity index (χ4v) is 4.31. The van der Waals surface area contributed by atoms with Crippen molar-refractivity contribution in [2.24, 2.45) is 5.92 Å². The van der Waals surface area contributed by atoms with Gasteiger partial charge in [0.15, 0.2) is 5.65 Å². The van der Waals surface area contributed by atoms with Gasteiger partial charge in [0, 0.05) is 30.1 Å². The molecular weight excluding hydrogens is 423 g/mol. The van der Waals surface area contributed by atoms with E-state index in [2.05, 4.69) is 31.6 Å². The van der Waals surface area contributed by atoms with Crippen LogP contribution in [0.4, 0.5) is 4.39 Å². The van der Waals surface area contributed by atoms with Crippen LogP contribution in [-0.4, -0.2) is 54.0 Å². The molecule has 0 spiro atoms. The van der Waals surface area contributed by atoms with Gasteiger partial charge in [-0.25, -0.2) is 9.37 Å². The lowest BCUT2D eigenvalue weighted by molar-refractivity contribution is 0.313. The van der Waals surface area contributed by atoms with Crippen LogP contribution in [0.5, 0.6) is 6.01 Å². The first kappa shape index (κ1) is 21.4. The monoisotopic (exact) mass is 450 g/mol. The maximum Gasteiger partial charge on any atom is 0.318 e. The fourth-order valence-electron chi connectivity index (χ4n) is 4.31. The van der Waals surface area contributed by atoms with Gasteiger partial charge < -0.3 is 14.6 Å². The molecule has 0 aromatic carbocycles. The molecule has 0 atom stereocenters. The lowest BCUT2D eigenvalue weighted by Crippen LogP contribution is -2.29.